The molecule has 5 rings (SSSR count). The summed E-state index contributed by atoms with van der Waals surface area (Å²) in [5, 5.41) is 5.33. The Morgan fingerprint density at radius 3 is 2.70 bits per heavy atom. The van der Waals surface area contributed by atoms with E-state index in [1.807, 2.05) is 6.07 Å². The van der Waals surface area contributed by atoms with Crippen molar-refractivity contribution in [1.29, 1.82) is 0 Å². The van der Waals surface area contributed by atoms with Crippen molar-refractivity contribution in [3.8, 4) is 11.3 Å². The highest BCUT2D eigenvalue weighted by atomic mass is 35.5. The zero-order valence-corrected chi connectivity index (χ0v) is 16.6. The van der Waals surface area contributed by atoms with Gasteiger partial charge in [0.05, 0.1) is 23.1 Å². The molecule has 0 saturated heterocycles. The average molecular weight is 420 g/mol. The van der Waals surface area contributed by atoms with E-state index in [0.717, 1.165) is 0 Å². The summed E-state index contributed by atoms with van der Waals surface area (Å²) in [6.07, 6.45) is 1.62. The van der Waals surface area contributed by atoms with Gasteiger partial charge in [0.15, 0.2) is 0 Å². The Labute approximate surface area is 175 Å². The minimum absolute atomic E-state index is 0.102. The number of halogens is 2. The van der Waals surface area contributed by atoms with E-state index < -0.39 is 0 Å². The molecular weight excluding hydrogens is 405 g/mol. The zero-order valence-electron chi connectivity index (χ0n) is 15.9. The van der Waals surface area contributed by atoms with E-state index in [4.69, 9.17) is 11.6 Å². The molecule has 0 N–H and O–H groups in total. The second kappa shape index (κ2) is 7.03. The van der Waals surface area contributed by atoms with E-state index in [1.165, 1.54) is 10.6 Å². The summed E-state index contributed by atoms with van der Waals surface area (Å²) in [4.78, 5) is 22.3. The van der Waals surface area contributed by atoms with Gasteiger partial charge in [0.25, 0.3) is 11.3 Å². The van der Waals surface area contributed by atoms with Gasteiger partial charge in [0.1, 0.15) is 11.6 Å². The zero-order chi connectivity index (χ0) is 20.8. The fourth-order valence-electron chi connectivity index (χ4n) is 3.56. The number of hydrogen-bond donors (Lipinski definition) is 0. The van der Waals surface area contributed by atoms with Crippen LogP contribution in [0.4, 0.5) is 4.39 Å². The molecule has 0 fully saturated rings. The number of aromatic nitrogens is 5. The molecule has 0 saturated carbocycles. The lowest BCUT2D eigenvalue weighted by Gasteiger charge is -2.12. The smallest absolute Gasteiger partial charge is 0.262 e. The lowest BCUT2D eigenvalue weighted by atomic mass is 10.1. The third-order valence-electron chi connectivity index (χ3n) is 4.90. The van der Waals surface area contributed by atoms with Crippen molar-refractivity contribution in [3.05, 3.63) is 93.4 Å². The first-order valence-corrected chi connectivity index (χ1v) is 9.65. The molecule has 0 aliphatic carbocycles. The summed E-state index contributed by atoms with van der Waals surface area (Å²) < 4.78 is 17.2. The first kappa shape index (κ1) is 18.4. The SMILES string of the molecule is Cc1nc2nc3ccn(Cc4ccccc4F)c(=O)c3c(-c3cccc(Cl)c3)n2n1. The first-order valence-electron chi connectivity index (χ1n) is 9.27. The molecule has 0 aliphatic rings. The molecule has 3 heterocycles. The minimum atomic E-state index is -0.361. The Hall–Kier alpha value is -3.58. The van der Waals surface area contributed by atoms with Crippen molar-refractivity contribution < 1.29 is 4.39 Å². The van der Waals surface area contributed by atoms with Crippen LogP contribution in [0.15, 0.2) is 65.6 Å². The Balaban J connectivity index is 1.84. The average Bonchev–Trinajstić information content (AvgIpc) is 3.09. The van der Waals surface area contributed by atoms with E-state index in [0.29, 0.717) is 44.3 Å². The molecular formula is C22H15ClFN5O. The van der Waals surface area contributed by atoms with Crippen molar-refractivity contribution in [3.63, 3.8) is 0 Å². The fraction of sp³-hybridized carbons (Fsp3) is 0.0909. The Bertz CT molecular complexity index is 1490. The molecule has 3 aromatic heterocycles. The molecule has 0 radical (unpaired) electrons. The van der Waals surface area contributed by atoms with Crippen LogP contribution >= 0.6 is 11.6 Å². The van der Waals surface area contributed by atoms with Crippen molar-refractivity contribution >= 4 is 28.3 Å². The molecule has 8 heteroatoms. The Kier molecular flexibility index (Phi) is 4.33. The fourth-order valence-corrected chi connectivity index (χ4v) is 3.75. The molecule has 0 spiro atoms. The van der Waals surface area contributed by atoms with E-state index in [2.05, 4.69) is 15.1 Å². The van der Waals surface area contributed by atoms with Crippen molar-refractivity contribution in [1.82, 2.24) is 24.1 Å². The summed E-state index contributed by atoms with van der Waals surface area (Å²) in [6, 6.07) is 15.3. The number of pyridine rings is 1. The van der Waals surface area contributed by atoms with Gasteiger partial charge < -0.3 is 4.57 Å². The summed E-state index contributed by atoms with van der Waals surface area (Å²) in [7, 11) is 0. The van der Waals surface area contributed by atoms with Gasteiger partial charge in [0, 0.05) is 22.3 Å². The lowest BCUT2D eigenvalue weighted by molar-refractivity contribution is 0.597. The summed E-state index contributed by atoms with van der Waals surface area (Å²) in [5.41, 5.74) is 1.87. The van der Waals surface area contributed by atoms with Gasteiger partial charge >= 0.3 is 0 Å². The van der Waals surface area contributed by atoms with Gasteiger partial charge in [-0.3, -0.25) is 4.79 Å². The molecule has 148 valence electrons. The maximum Gasteiger partial charge on any atom is 0.262 e. The summed E-state index contributed by atoms with van der Waals surface area (Å²) >= 11 is 6.21. The van der Waals surface area contributed by atoms with Crippen LogP contribution in [-0.2, 0) is 6.54 Å². The first-order chi connectivity index (χ1) is 14.5. The van der Waals surface area contributed by atoms with Gasteiger partial charge in [-0.25, -0.2) is 9.37 Å². The maximum absolute atomic E-state index is 14.2. The second-order valence-electron chi connectivity index (χ2n) is 6.94. The molecule has 0 aliphatic heterocycles. The van der Waals surface area contributed by atoms with Crippen LogP contribution in [0.3, 0.4) is 0 Å². The standard InChI is InChI=1S/C22H15ClFN5O/c1-13-25-22-26-18-9-10-28(12-15-5-2-3-8-17(15)24)21(30)19(18)20(29(22)27-13)14-6-4-7-16(23)11-14/h2-11H,12H2,1H3. The van der Waals surface area contributed by atoms with Crippen LogP contribution in [0.2, 0.25) is 5.02 Å². The molecule has 0 bridgehead atoms. The van der Waals surface area contributed by atoms with Crippen LogP contribution in [0.1, 0.15) is 11.4 Å². The van der Waals surface area contributed by atoms with Crippen molar-refractivity contribution in [2.24, 2.45) is 0 Å². The quantitative estimate of drug-likeness (QED) is 0.438. The van der Waals surface area contributed by atoms with E-state index in [9.17, 15) is 9.18 Å². The third kappa shape index (κ3) is 3.04. The van der Waals surface area contributed by atoms with Crippen molar-refractivity contribution in [2.75, 3.05) is 0 Å². The third-order valence-corrected chi connectivity index (χ3v) is 5.14. The highest BCUT2D eigenvalue weighted by molar-refractivity contribution is 6.30. The molecule has 5 aromatic rings. The number of aryl methyl sites for hydroxylation is 1. The lowest BCUT2D eigenvalue weighted by Crippen LogP contribution is -2.22. The second-order valence-corrected chi connectivity index (χ2v) is 7.38. The van der Waals surface area contributed by atoms with Crippen LogP contribution in [0.5, 0.6) is 0 Å². The summed E-state index contributed by atoms with van der Waals surface area (Å²) in [6.45, 7) is 1.86. The van der Waals surface area contributed by atoms with Gasteiger partial charge in [-0.1, -0.05) is 41.9 Å². The van der Waals surface area contributed by atoms with Crippen LogP contribution < -0.4 is 5.56 Å². The Morgan fingerprint density at radius 2 is 1.90 bits per heavy atom. The van der Waals surface area contributed by atoms with Crippen LogP contribution in [-0.4, -0.2) is 24.1 Å². The normalized spacial score (nSPS) is 11.4. The van der Waals surface area contributed by atoms with E-state index in [1.54, 1.807) is 60.1 Å². The van der Waals surface area contributed by atoms with E-state index >= 15 is 0 Å². The number of rotatable bonds is 3. The van der Waals surface area contributed by atoms with Gasteiger partial charge in [0.2, 0.25) is 0 Å². The number of hydrogen-bond acceptors (Lipinski definition) is 4. The monoisotopic (exact) mass is 419 g/mol. The molecule has 6 nitrogen and oxygen atoms in total. The number of fused-ring (bicyclic) bond motifs is 2. The molecule has 0 unspecified atom stereocenters. The van der Waals surface area contributed by atoms with Gasteiger partial charge in [-0.05, 0) is 31.2 Å². The topological polar surface area (TPSA) is 65.1 Å². The predicted molar refractivity (Wildman–Crippen MR) is 113 cm³/mol. The van der Waals surface area contributed by atoms with Gasteiger partial charge in [-0.2, -0.15) is 9.50 Å². The van der Waals surface area contributed by atoms with Crippen molar-refractivity contribution in [2.45, 2.75) is 13.5 Å². The van der Waals surface area contributed by atoms with Crippen LogP contribution in [0.25, 0.3) is 27.9 Å². The Morgan fingerprint density at radius 1 is 1.07 bits per heavy atom. The summed E-state index contributed by atoms with van der Waals surface area (Å²) in [5.74, 6) is 0.564. The van der Waals surface area contributed by atoms with Crippen LogP contribution in [0, 0.1) is 12.7 Å². The predicted octanol–water partition coefficient (Wildman–Crippen LogP) is 4.26. The molecule has 0 amide bonds. The molecule has 30 heavy (non-hydrogen) atoms. The maximum atomic E-state index is 14.2. The highest BCUT2D eigenvalue weighted by Crippen LogP contribution is 2.28. The molecule has 2 aromatic carbocycles. The molecule has 0 atom stereocenters. The number of benzene rings is 2. The largest absolute Gasteiger partial charge is 0.310 e. The number of nitrogens with zero attached hydrogens (tertiary/aromatic N) is 5. The minimum Gasteiger partial charge on any atom is -0.310 e. The van der Waals surface area contributed by atoms with Gasteiger partial charge in [-0.15, -0.1) is 5.10 Å². The highest BCUT2D eigenvalue weighted by Gasteiger charge is 2.18. The van der Waals surface area contributed by atoms with E-state index in [-0.39, 0.29) is 17.9 Å².